The zero-order valence-corrected chi connectivity index (χ0v) is 18.6. The van der Waals surface area contributed by atoms with Crippen LogP contribution < -0.4 is 4.90 Å². The molecule has 146 valence electrons. The molecule has 7 heteroatoms. The normalized spacial score (nSPS) is 16.4. The van der Waals surface area contributed by atoms with E-state index in [9.17, 15) is 4.79 Å². The van der Waals surface area contributed by atoms with Crippen molar-refractivity contribution in [3.63, 3.8) is 0 Å². The lowest BCUT2D eigenvalue weighted by Crippen LogP contribution is -2.37. The number of benzene rings is 1. The predicted molar refractivity (Wildman–Crippen MR) is 119 cm³/mol. The molecular formula is C21H21BrN2O2S2. The van der Waals surface area contributed by atoms with Crippen LogP contribution in [-0.4, -0.2) is 30.1 Å². The molecule has 0 spiro atoms. The average Bonchev–Trinajstić information content (AvgIpc) is 3.47. The molecule has 0 bridgehead atoms. The number of rotatable bonds is 7. The molecule has 2 aromatic heterocycles. The minimum Gasteiger partial charge on any atom is -0.376 e. The van der Waals surface area contributed by atoms with Crippen molar-refractivity contribution >= 4 is 49.6 Å². The van der Waals surface area contributed by atoms with Crippen molar-refractivity contribution in [2.75, 3.05) is 18.1 Å². The van der Waals surface area contributed by atoms with Gasteiger partial charge in [-0.25, -0.2) is 4.98 Å². The van der Waals surface area contributed by atoms with Gasteiger partial charge in [-0.15, -0.1) is 11.3 Å². The van der Waals surface area contributed by atoms with E-state index in [0.29, 0.717) is 13.0 Å². The van der Waals surface area contributed by atoms with Gasteiger partial charge in [-0.05, 0) is 53.8 Å². The average molecular weight is 477 g/mol. The lowest BCUT2D eigenvalue weighted by atomic mass is 10.1. The highest BCUT2D eigenvalue weighted by molar-refractivity contribution is 9.10. The number of hydrogen-bond donors (Lipinski definition) is 0. The number of thiazole rings is 1. The van der Waals surface area contributed by atoms with Gasteiger partial charge in [-0.2, -0.15) is 11.3 Å². The maximum absolute atomic E-state index is 13.1. The maximum atomic E-state index is 13.1. The van der Waals surface area contributed by atoms with Gasteiger partial charge >= 0.3 is 0 Å². The van der Waals surface area contributed by atoms with Crippen LogP contribution in [0.5, 0.6) is 0 Å². The van der Waals surface area contributed by atoms with Crippen LogP contribution in [0.15, 0.2) is 50.9 Å². The molecule has 1 aromatic carbocycles. The van der Waals surface area contributed by atoms with Crippen LogP contribution in [0.2, 0.25) is 0 Å². The fourth-order valence-corrected chi connectivity index (χ4v) is 5.07. The van der Waals surface area contributed by atoms with Crippen molar-refractivity contribution in [2.45, 2.75) is 31.8 Å². The highest BCUT2D eigenvalue weighted by Gasteiger charge is 2.25. The Morgan fingerprint density at radius 1 is 1.25 bits per heavy atom. The van der Waals surface area contributed by atoms with Crippen LogP contribution in [0.4, 0.5) is 5.13 Å². The van der Waals surface area contributed by atoms with E-state index in [-0.39, 0.29) is 12.0 Å². The Labute approximate surface area is 181 Å². The molecule has 1 amide bonds. The Morgan fingerprint density at radius 2 is 2.11 bits per heavy atom. The summed E-state index contributed by atoms with van der Waals surface area (Å²) in [5.41, 5.74) is 3.16. The van der Waals surface area contributed by atoms with Crippen LogP contribution in [0.1, 0.15) is 24.8 Å². The molecule has 1 aliphatic heterocycles. The number of thiophene rings is 1. The Hall–Kier alpha value is -1.54. The van der Waals surface area contributed by atoms with Crippen molar-refractivity contribution in [2.24, 2.45) is 0 Å². The lowest BCUT2D eigenvalue weighted by Gasteiger charge is -2.23. The fourth-order valence-electron chi connectivity index (χ4n) is 3.24. The van der Waals surface area contributed by atoms with Crippen LogP contribution >= 0.6 is 38.6 Å². The predicted octanol–water partition coefficient (Wildman–Crippen LogP) is 5.78. The molecule has 1 unspecified atom stereocenters. The van der Waals surface area contributed by atoms with Crippen molar-refractivity contribution < 1.29 is 9.53 Å². The van der Waals surface area contributed by atoms with E-state index < -0.39 is 0 Å². The van der Waals surface area contributed by atoms with E-state index in [1.54, 1.807) is 11.3 Å². The molecule has 0 saturated carbocycles. The van der Waals surface area contributed by atoms with E-state index in [4.69, 9.17) is 9.72 Å². The first-order chi connectivity index (χ1) is 13.7. The van der Waals surface area contributed by atoms with Gasteiger partial charge in [0.25, 0.3) is 0 Å². The summed E-state index contributed by atoms with van der Waals surface area (Å²) in [5, 5.41) is 6.93. The molecule has 3 aromatic rings. The summed E-state index contributed by atoms with van der Waals surface area (Å²) in [6, 6.07) is 10.2. The quantitative estimate of drug-likeness (QED) is 0.433. The summed E-state index contributed by atoms with van der Waals surface area (Å²) in [4.78, 5) is 19.7. The third kappa shape index (κ3) is 4.89. The molecule has 0 radical (unpaired) electrons. The van der Waals surface area contributed by atoms with Crippen LogP contribution in [0.3, 0.4) is 0 Å². The number of amides is 1. The topological polar surface area (TPSA) is 42.4 Å². The molecule has 4 rings (SSSR count). The number of aryl methyl sites for hydroxylation is 1. The lowest BCUT2D eigenvalue weighted by molar-refractivity contribution is -0.119. The third-order valence-corrected chi connectivity index (χ3v) is 6.91. The molecule has 1 atom stereocenters. The van der Waals surface area contributed by atoms with E-state index in [2.05, 4.69) is 32.8 Å². The van der Waals surface area contributed by atoms with Gasteiger partial charge in [0.05, 0.1) is 18.3 Å². The summed E-state index contributed by atoms with van der Waals surface area (Å²) < 4.78 is 6.83. The number of aromatic nitrogens is 1. The van der Waals surface area contributed by atoms with E-state index in [1.807, 2.05) is 34.5 Å². The molecule has 28 heavy (non-hydrogen) atoms. The highest BCUT2D eigenvalue weighted by atomic mass is 79.9. The van der Waals surface area contributed by atoms with Gasteiger partial charge in [0.2, 0.25) is 5.91 Å². The molecule has 1 fully saturated rings. The first-order valence-corrected chi connectivity index (χ1v) is 11.9. The summed E-state index contributed by atoms with van der Waals surface area (Å²) in [6.45, 7) is 1.36. The maximum Gasteiger partial charge on any atom is 0.229 e. The Bertz CT molecular complexity index is 903. The van der Waals surface area contributed by atoms with E-state index in [0.717, 1.165) is 46.7 Å². The van der Waals surface area contributed by atoms with Crippen LogP contribution in [0, 0.1) is 0 Å². The minimum atomic E-state index is 0.102. The number of carbonyl (C=O) groups is 1. The first-order valence-electron chi connectivity index (χ1n) is 9.33. The van der Waals surface area contributed by atoms with Crippen LogP contribution in [0.25, 0.3) is 11.3 Å². The number of hydrogen-bond acceptors (Lipinski definition) is 5. The van der Waals surface area contributed by atoms with Crippen molar-refractivity contribution in [1.82, 2.24) is 4.98 Å². The van der Waals surface area contributed by atoms with Gasteiger partial charge < -0.3 is 4.74 Å². The zero-order valence-electron chi connectivity index (χ0n) is 15.3. The highest BCUT2D eigenvalue weighted by Crippen LogP contribution is 2.30. The van der Waals surface area contributed by atoms with Gasteiger partial charge in [0.15, 0.2) is 5.13 Å². The number of ether oxygens (including phenoxy) is 1. The van der Waals surface area contributed by atoms with E-state index in [1.165, 1.54) is 16.9 Å². The molecule has 3 heterocycles. The molecule has 1 saturated heterocycles. The standard InChI is InChI=1S/C21H21BrN2O2S2/c22-17-6-4-16(5-7-17)19-14-28-21(23-19)24(12-18-2-1-10-26-18)20(25)8-3-15-9-11-27-13-15/h4-7,9,11,13-14,18H,1-3,8,10,12H2. The Kier molecular flexibility index (Phi) is 6.57. The molecule has 0 N–H and O–H groups in total. The molecule has 4 nitrogen and oxygen atoms in total. The Morgan fingerprint density at radius 3 is 2.82 bits per heavy atom. The SMILES string of the molecule is O=C(CCc1ccsc1)N(CC1CCCO1)c1nc(-c2ccc(Br)cc2)cs1. The van der Waals surface area contributed by atoms with Gasteiger partial charge in [0, 0.05) is 28.4 Å². The monoisotopic (exact) mass is 476 g/mol. The summed E-state index contributed by atoms with van der Waals surface area (Å²) >= 11 is 6.65. The largest absolute Gasteiger partial charge is 0.376 e. The number of nitrogens with zero attached hydrogens (tertiary/aromatic N) is 2. The first kappa shape index (κ1) is 19.8. The van der Waals surface area contributed by atoms with Crippen molar-refractivity contribution in [3.8, 4) is 11.3 Å². The fraction of sp³-hybridized carbons (Fsp3) is 0.333. The summed E-state index contributed by atoms with van der Waals surface area (Å²) in [6.07, 6.45) is 3.40. The van der Waals surface area contributed by atoms with Crippen molar-refractivity contribution in [1.29, 1.82) is 0 Å². The van der Waals surface area contributed by atoms with Crippen LogP contribution in [-0.2, 0) is 16.0 Å². The van der Waals surface area contributed by atoms with Gasteiger partial charge in [-0.3, -0.25) is 9.69 Å². The number of anilines is 1. The van der Waals surface area contributed by atoms with E-state index >= 15 is 0 Å². The molecule has 1 aliphatic rings. The summed E-state index contributed by atoms with van der Waals surface area (Å²) in [7, 11) is 0. The molecule has 0 aliphatic carbocycles. The van der Waals surface area contributed by atoms with Crippen molar-refractivity contribution in [3.05, 3.63) is 56.5 Å². The molecular weight excluding hydrogens is 456 g/mol. The smallest absolute Gasteiger partial charge is 0.229 e. The second-order valence-corrected chi connectivity index (χ2v) is 9.33. The summed E-state index contributed by atoms with van der Waals surface area (Å²) in [5.74, 6) is 0.110. The van der Waals surface area contributed by atoms with Gasteiger partial charge in [-0.1, -0.05) is 28.1 Å². The second kappa shape index (κ2) is 9.31. The number of halogens is 1. The second-order valence-electron chi connectivity index (χ2n) is 6.79. The zero-order chi connectivity index (χ0) is 19.3. The van der Waals surface area contributed by atoms with Gasteiger partial charge in [0.1, 0.15) is 0 Å². The number of carbonyl (C=O) groups excluding carboxylic acids is 1. The third-order valence-electron chi connectivity index (χ3n) is 4.78. The minimum absolute atomic E-state index is 0.102. The Balaban J connectivity index is 1.52.